The largest absolute Gasteiger partial charge is 0.508 e. The van der Waals surface area contributed by atoms with Gasteiger partial charge in [0.05, 0.1) is 17.9 Å². The minimum Gasteiger partial charge on any atom is -0.508 e. The van der Waals surface area contributed by atoms with E-state index >= 15 is 0 Å². The second-order valence-electron chi connectivity index (χ2n) is 5.72. The lowest BCUT2D eigenvalue weighted by atomic mass is 10.1. The van der Waals surface area contributed by atoms with E-state index < -0.39 is 9.84 Å². The van der Waals surface area contributed by atoms with Crippen LogP contribution >= 0.6 is 0 Å². The van der Waals surface area contributed by atoms with Gasteiger partial charge in [-0.15, -0.1) is 0 Å². The van der Waals surface area contributed by atoms with Gasteiger partial charge < -0.3 is 5.11 Å². The van der Waals surface area contributed by atoms with E-state index in [4.69, 9.17) is 0 Å². The third kappa shape index (κ3) is 3.00. The summed E-state index contributed by atoms with van der Waals surface area (Å²) in [6, 6.07) is 7.13. The predicted octanol–water partition coefficient (Wildman–Crippen LogP) is 1.86. The number of aromatic hydroxyl groups is 1. The van der Waals surface area contributed by atoms with Gasteiger partial charge in [0.2, 0.25) is 0 Å². The summed E-state index contributed by atoms with van der Waals surface area (Å²) in [7, 11) is -3.28. The van der Waals surface area contributed by atoms with E-state index in [-0.39, 0.29) is 16.7 Å². The smallest absolute Gasteiger partial charge is 0.178 e. The van der Waals surface area contributed by atoms with Gasteiger partial charge in [-0.2, -0.15) is 5.10 Å². The molecule has 2 aromatic rings. The Kier molecular flexibility index (Phi) is 3.92. The van der Waals surface area contributed by atoms with Gasteiger partial charge in [0.1, 0.15) is 10.6 Å². The standard InChI is InChI=1S/C15H19N3O3S/c1-22(20,21)14-9-16-17-15(14)13-3-2-8-18(13)10-11-4-6-12(19)7-5-11/h4-7,9,13,19H,2-3,8,10H2,1H3,(H,16,17)/t13-/m0/s1. The highest BCUT2D eigenvalue weighted by atomic mass is 32.2. The third-order valence-corrected chi connectivity index (χ3v) is 5.17. The molecule has 0 aliphatic carbocycles. The normalized spacial score (nSPS) is 19.6. The SMILES string of the molecule is CS(=O)(=O)c1cn[nH]c1[C@@H]1CCCN1Cc1ccc(O)cc1. The first-order valence-corrected chi connectivity index (χ1v) is 9.09. The molecule has 1 aromatic heterocycles. The van der Waals surface area contributed by atoms with Crippen molar-refractivity contribution in [3.05, 3.63) is 41.7 Å². The molecule has 0 bridgehead atoms. The Morgan fingerprint density at radius 2 is 2.09 bits per heavy atom. The van der Waals surface area contributed by atoms with Crippen molar-refractivity contribution >= 4 is 9.84 Å². The summed E-state index contributed by atoms with van der Waals surface area (Å²) in [5.74, 6) is 0.245. The van der Waals surface area contributed by atoms with E-state index in [0.29, 0.717) is 12.2 Å². The fourth-order valence-electron chi connectivity index (χ4n) is 3.00. The molecule has 1 fully saturated rings. The zero-order valence-corrected chi connectivity index (χ0v) is 13.2. The van der Waals surface area contributed by atoms with Crippen LogP contribution in [-0.2, 0) is 16.4 Å². The first-order valence-electron chi connectivity index (χ1n) is 7.20. The molecule has 0 unspecified atom stereocenters. The predicted molar refractivity (Wildman–Crippen MR) is 82.2 cm³/mol. The molecule has 0 radical (unpaired) electrons. The summed E-state index contributed by atoms with van der Waals surface area (Å²) in [6.07, 6.45) is 4.52. The van der Waals surface area contributed by atoms with Crippen LogP contribution in [0, 0.1) is 0 Å². The van der Waals surface area contributed by atoms with Gasteiger partial charge in [0, 0.05) is 12.8 Å². The number of phenols is 1. The average Bonchev–Trinajstić information content (AvgIpc) is 3.08. The number of benzene rings is 1. The molecule has 1 aliphatic rings. The summed E-state index contributed by atoms with van der Waals surface area (Å²) in [5, 5.41) is 16.1. The molecule has 2 heterocycles. The third-order valence-electron chi connectivity index (χ3n) is 4.05. The van der Waals surface area contributed by atoms with Crippen molar-refractivity contribution in [2.45, 2.75) is 30.3 Å². The molecular weight excluding hydrogens is 302 g/mol. The number of nitrogens with one attached hydrogen (secondary N) is 1. The Morgan fingerprint density at radius 1 is 1.36 bits per heavy atom. The topological polar surface area (TPSA) is 86.3 Å². The fraction of sp³-hybridized carbons (Fsp3) is 0.400. The average molecular weight is 321 g/mol. The number of likely N-dealkylation sites (tertiary alicyclic amines) is 1. The Bertz CT molecular complexity index is 753. The number of sulfone groups is 1. The van der Waals surface area contributed by atoms with Crippen molar-refractivity contribution in [3.8, 4) is 5.75 Å². The maximum absolute atomic E-state index is 11.9. The maximum atomic E-state index is 11.9. The number of H-pyrrole nitrogens is 1. The van der Waals surface area contributed by atoms with Crippen LogP contribution in [0.15, 0.2) is 35.4 Å². The molecule has 2 N–H and O–H groups in total. The summed E-state index contributed by atoms with van der Waals surface area (Å²) in [6.45, 7) is 1.63. The summed E-state index contributed by atoms with van der Waals surface area (Å²) < 4.78 is 23.7. The van der Waals surface area contributed by atoms with E-state index in [1.165, 1.54) is 12.5 Å². The Labute approximate surface area is 129 Å². The highest BCUT2D eigenvalue weighted by Gasteiger charge is 2.31. The maximum Gasteiger partial charge on any atom is 0.178 e. The van der Waals surface area contributed by atoms with Crippen molar-refractivity contribution in [2.24, 2.45) is 0 Å². The summed E-state index contributed by atoms with van der Waals surface area (Å²) >= 11 is 0. The molecule has 1 aromatic carbocycles. The highest BCUT2D eigenvalue weighted by Crippen LogP contribution is 2.35. The van der Waals surface area contributed by atoms with Crippen molar-refractivity contribution in [1.29, 1.82) is 0 Å². The summed E-state index contributed by atoms with van der Waals surface area (Å²) in [5.41, 5.74) is 1.77. The molecule has 0 saturated carbocycles. The van der Waals surface area contributed by atoms with Crippen LogP contribution in [0.3, 0.4) is 0 Å². The molecule has 0 amide bonds. The molecule has 3 rings (SSSR count). The number of hydrogen-bond acceptors (Lipinski definition) is 5. The van der Waals surface area contributed by atoms with Crippen molar-refractivity contribution < 1.29 is 13.5 Å². The zero-order valence-electron chi connectivity index (χ0n) is 12.4. The Morgan fingerprint density at radius 3 is 2.77 bits per heavy atom. The highest BCUT2D eigenvalue weighted by molar-refractivity contribution is 7.90. The van der Waals surface area contributed by atoms with Gasteiger partial charge in [-0.1, -0.05) is 12.1 Å². The molecule has 7 heteroatoms. The second kappa shape index (κ2) is 5.73. The van der Waals surface area contributed by atoms with Gasteiger partial charge in [0.15, 0.2) is 9.84 Å². The first kappa shape index (κ1) is 15.1. The fourth-order valence-corrected chi connectivity index (χ4v) is 3.82. The van der Waals surface area contributed by atoms with Crippen LogP contribution in [0.2, 0.25) is 0 Å². The molecule has 0 spiro atoms. The molecule has 118 valence electrons. The van der Waals surface area contributed by atoms with Crippen LogP contribution in [0.1, 0.15) is 30.1 Å². The van der Waals surface area contributed by atoms with Crippen LogP contribution in [0.4, 0.5) is 0 Å². The van der Waals surface area contributed by atoms with E-state index in [1.54, 1.807) is 12.1 Å². The molecule has 22 heavy (non-hydrogen) atoms. The number of aromatic amines is 1. The van der Waals surface area contributed by atoms with Crippen molar-refractivity contribution in [3.63, 3.8) is 0 Å². The van der Waals surface area contributed by atoms with Crippen molar-refractivity contribution in [1.82, 2.24) is 15.1 Å². The molecule has 1 atom stereocenters. The lowest BCUT2D eigenvalue weighted by Gasteiger charge is -2.24. The quantitative estimate of drug-likeness (QED) is 0.897. The van der Waals surface area contributed by atoms with Crippen molar-refractivity contribution in [2.75, 3.05) is 12.8 Å². The zero-order chi connectivity index (χ0) is 15.7. The van der Waals surface area contributed by atoms with Gasteiger partial charge in [-0.25, -0.2) is 8.42 Å². The molecular formula is C15H19N3O3S. The molecule has 1 aliphatic heterocycles. The second-order valence-corrected chi connectivity index (χ2v) is 7.70. The molecule has 6 nitrogen and oxygen atoms in total. The number of rotatable bonds is 4. The lowest BCUT2D eigenvalue weighted by Crippen LogP contribution is -2.24. The van der Waals surface area contributed by atoms with Gasteiger partial charge in [-0.05, 0) is 37.1 Å². The van der Waals surface area contributed by atoms with Gasteiger partial charge in [-0.3, -0.25) is 10.00 Å². The number of phenolic OH excluding ortho intramolecular Hbond substituents is 1. The minimum atomic E-state index is -3.28. The van der Waals surface area contributed by atoms with Gasteiger partial charge in [0.25, 0.3) is 0 Å². The van der Waals surface area contributed by atoms with E-state index in [9.17, 15) is 13.5 Å². The Hall–Kier alpha value is -1.86. The molecule has 1 saturated heterocycles. The lowest BCUT2D eigenvalue weighted by molar-refractivity contribution is 0.241. The minimum absolute atomic E-state index is 0.0287. The van der Waals surface area contributed by atoms with Gasteiger partial charge >= 0.3 is 0 Å². The van der Waals surface area contributed by atoms with Crippen LogP contribution in [0.5, 0.6) is 5.75 Å². The summed E-state index contributed by atoms with van der Waals surface area (Å²) in [4.78, 5) is 2.53. The number of hydrogen-bond donors (Lipinski definition) is 2. The Balaban J connectivity index is 1.85. The first-order chi connectivity index (χ1) is 10.4. The van der Waals surface area contributed by atoms with E-state index in [2.05, 4.69) is 15.1 Å². The monoisotopic (exact) mass is 321 g/mol. The van der Waals surface area contributed by atoms with Crippen LogP contribution < -0.4 is 0 Å². The number of nitrogens with zero attached hydrogens (tertiary/aromatic N) is 2. The van der Waals surface area contributed by atoms with E-state index in [0.717, 1.165) is 24.9 Å². The van der Waals surface area contributed by atoms with Crippen LogP contribution in [0.25, 0.3) is 0 Å². The van der Waals surface area contributed by atoms with E-state index in [1.807, 2.05) is 12.1 Å². The van der Waals surface area contributed by atoms with Crippen LogP contribution in [-0.4, -0.2) is 41.4 Å². The number of aromatic nitrogens is 2.